The van der Waals surface area contributed by atoms with E-state index in [1.165, 1.54) is 17.5 Å². The van der Waals surface area contributed by atoms with Crippen LogP contribution in [0.1, 0.15) is 47.2 Å². The third-order valence-electron chi connectivity index (χ3n) is 4.69. The van der Waals surface area contributed by atoms with Crippen LogP contribution < -0.4 is 4.90 Å². The second-order valence-corrected chi connectivity index (χ2v) is 6.82. The number of aliphatic imine (C=N–C) groups is 1. The van der Waals surface area contributed by atoms with E-state index in [-0.39, 0.29) is 22.8 Å². The van der Waals surface area contributed by atoms with Gasteiger partial charge in [-0.05, 0) is 38.8 Å². The molecule has 4 heteroatoms. The highest BCUT2D eigenvalue weighted by molar-refractivity contribution is 8.93. The summed E-state index contributed by atoms with van der Waals surface area (Å²) in [5.41, 5.74) is 4.19. The largest absolute Gasteiger partial charge is 0.322 e. The molecule has 0 radical (unpaired) electrons. The molecule has 0 saturated heterocycles. The van der Waals surface area contributed by atoms with Crippen LogP contribution in [0.5, 0.6) is 0 Å². The van der Waals surface area contributed by atoms with Gasteiger partial charge in [-0.3, -0.25) is 9.79 Å². The average Bonchev–Trinajstić information content (AvgIpc) is 2.90. The van der Waals surface area contributed by atoms with Crippen molar-refractivity contribution >= 4 is 34.3 Å². The Morgan fingerprint density at radius 3 is 2.19 bits per heavy atom. The number of benzene rings is 2. The highest BCUT2D eigenvalue weighted by Gasteiger charge is 2.19. The van der Waals surface area contributed by atoms with Gasteiger partial charge in [0.25, 0.3) is 0 Å². The predicted octanol–water partition coefficient (Wildman–Crippen LogP) is 5.54. The van der Waals surface area contributed by atoms with E-state index >= 15 is 0 Å². The lowest BCUT2D eigenvalue weighted by molar-refractivity contribution is 0.100. The number of anilines is 1. The van der Waals surface area contributed by atoms with Crippen molar-refractivity contribution < 1.29 is 4.79 Å². The van der Waals surface area contributed by atoms with Crippen molar-refractivity contribution in [1.82, 2.24) is 0 Å². The van der Waals surface area contributed by atoms with E-state index in [9.17, 15) is 4.79 Å². The first-order chi connectivity index (χ1) is 12.1. The van der Waals surface area contributed by atoms with Gasteiger partial charge in [0.05, 0.1) is 6.54 Å². The van der Waals surface area contributed by atoms with Gasteiger partial charge in [-0.15, -0.1) is 17.0 Å². The van der Waals surface area contributed by atoms with Gasteiger partial charge in [0.2, 0.25) is 0 Å². The summed E-state index contributed by atoms with van der Waals surface area (Å²) in [4.78, 5) is 19.7. The number of carbonyl (C=O) groups is 1. The molecule has 1 aliphatic rings. The summed E-state index contributed by atoms with van der Waals surface area (Å²) < 4.78 is 0. The van der Waals surface area contributed by atoms with Crippen molar-refractivity contribution in [3.05, 3.63) is 65.2 Å². The lowest BCUT2D eigenvalue weighted by atomic mass is 10.1. The molecule has 1 heterocycles. The van der Waals surface area contributed by atoms with Gasteiger partial charge in [-0.2, -0.15) is 0 Å². The first-order valence-electron chi connectivity index (χ1n) is 9.11. The van der Waals surface area contributed by atoms with Crippen LogP contribution >= 0.6 is 17.0 Å². The van der Waals surface area contributed by atoms with Crippen molar-refractivity contribution in [2.75, 3.05) is 18.0 Å². The van der Waals surface area contributed by atoms with E-state index in [1.807, 2.05) is 31.2 Å². The zero-order chi connectivity index (χ0) is 17.6. The molecule has 0 atom stereocenters. The molecule has 138 valence electrons. The molecule has 0 saturated carbocycles. The van der Waals surface area contributed by atoms with Crippen LogP contribution in [0.2, 0.25) is 0 Å². The highest BCUT2D eigenvalue weighted by atomic mass is 79.9. The molecular weight excluding hydrogens is 388 g/mol. The monoisotopic (exact) mass is 414 g/mol. The van der Waals surface area contributed by atoms with Crippen LogP contribution in [-0.4, -0.2) is 24.7 Å². The van der Waals surface area contributed by atoms with E-state index in [2.05, 4.69) is 36.1 Å². The smallest absolute Gasteiger partial charge is 0.182 e. The molecule has 3 nitrogen and oxygen atoms in total. The summed E-state index contributed by atoms with van der Waals surface area (Å²) >= 11 is 0. The molecule has 0 N–H and O–H groups in total. The standard InChI is InChI=1S/C22H26N2O.BrH/c1-17-7-11-19(12-8-17)21(25)16-24(20-13-9-18(2)10-14-20)22-6-4-3-5-15-23-22;/h7-14H,3-6,15-16H2,1-2H3;1H. The Kier molecular flexibility index (Phi) is 7.58. The number of Topliss-reactive ketones (excluding diaryl/α,β-unsaturated/α-hetero) is 1. The Hall–Kier alpha value is -1.94. The van der Waals surface area contributed by atoms with Crippen LogP contribution in [0.15, 0.2) is 53.5 Å². The van der Waals surface area contributed by atoms with Gasteiger partial charge in [0.15, 0.2) is 5.78 Å². The minimum Gasteiger partial charge on any atom is -0.322 e. The zero-order valence-electron chi connectivity index (χ0n) is 15.6. The van der Waals surface area contributed by atoms with E-state index in [0.717, 1.165) is 42.9 Å². The Morgan fingerprint density at radius 2 is 1.54 bits per heavy atom. The summed E-state index contributed by atoms with van der Waals surface area (Å²) in [5.74, 6) is 1.18. The van der Waals surface area contributed by atoms with Gasteiger partial charge in [-0.1, -0.05) is 53.9 Å². The van der Waals surface area contributed by atoms with E-state index in [1.54, 1.807) is 0 Å². The molecule has 2 aromatic carbocycles. The molecular formula is C22H27BrN2O. The molecule has 0 aliphatic carbocycles. The van der Waals surface area contributed by atoms with Crippen molar-refractivity contribution in [3.8, 4) is 0 Å². The van der Waals surface area contributed by atoms with Crippen molar-refractivity contribution in [2.45, 2.75) is 39.5 Å². The van der Waals surface area contributed by atoms with Gasteiger partial charge >= 0.3 is 0 Å². The lowest BCUT2D eigenvalue weighted by Gasteiger charge is -2.26. The van der Waals surface area contributed by atoms with Crippen LogP contribution in [0, 0.1) is 13.8 Å². The molecule has 3 rings (SSSR count). The summed E-state index contributed by atoms with van der Waals surface area (Å²) in [5, 5.41) is 0. The fraction of sp³-hybridized carbons (Fsp3) is 0.364. The zero-order valence-corrected chi connectivity index (χ0v) is 17.3. The molecule has 2 aromatic rings. The van der Waals surface area contributed by atoms with Crippen LogP contribution in [0.4, 0.5) is 5.69 Å². The van der Waals surface area contributed by atoms with Crippen molar-refractivity contribution in [1.29, 1.82) is 0 Å². The fourth-order valence-corrected chi connectivity index (χ4v) is 3.11. The highest BCUT2D eigenvalue weighted by Crippen LogP contribution is 2.21. The lowest BCUT2D eigenvalue weighted by Crippen LogP contribution is -2.36. The Labute approximate surface area is 166 Å². The Morgan fingerprint density at radius 1 is 0.923 bits per heavy atom. The Balaban J connectivity index is 0.00000243. The van der Waals surface area contributed by atoms with E-state index in [4.69, 9.17) is 4.99 Å². The fourth-order valence-electron chi connectivity index (χ4n) is 3.11. The molecule has 0 spiro atoms. The van der Waals surface area contributed by atoms with Gasteiger partial charge < -0.3 is 4.90 Å². The normalized spacial score (nSPS) is 14.0. The average molecular weight is 415 g/mol. The van der Waals surface area contributed by atoms with Crippen LogP contribution in [-0.2, 0) is 0 Å². The number of nitrogens with zero attached hydrogens (tertiary/aromatic N) is 2. The first kappa shape index (κ1) is 20.4. The molecule has 0 fully saturated rings. The number of carbonyl (C=O) groups excluding carboxylic acids is 1. The summed E-state index contributed by atoms with van der Waals surface area (Å²) in [6.45, 7) is 5.31. The number of aryl methyl sites for hydroxylation is 2. The number of ketones is 1. The first-order valence-corrected chi connectivity index (χ1v) is 9.11. The number of hydrogen-bond acceptors (Lipinski definition) is 3. The quantitative estimate of drug-likeness (QED) is 0.614. The molecule has 1 aliphatic heterocycles. The van der Waals surface area contributed by atoms with Gasteiger partial charge in [0.1, 0.15) is 5.84 Å². The summed E-state index contributed by atoms with van der Waals surface area (Å²) in [7, 11) is 0. The number of hydrogen-bond donors (Lipinski definition) is 0. The number of rotatable bonds is 4. The SMILES string of the molecule is Br.Cc1ccc(C(=O)CN(C2=NCCCCC2)c2ccc(C)cc2)cc1. The van der Waals surface area contributed by atoms with Crippen molar-refractivity contribution in [3.63, 3.8) is 0 Å². The molecule has 0 amide bonds. The van der Waals surface area contributed by atoms with Crippen molar-refractivity contribution in [2.24, 2.45) is 4.99 Å². The maximum Gasteiger partial charge on any atom is 0.182 e. The minimum absolute atomic E-state index is 0. The Bertz CT molecular complexity index is 751. The minimum atomic E-state index is 0. The maximum atomic E-state index is 12.8. The predicted molar refractivity (Wildman–Crippen MR) is 115 cm³/mol. The molecule has 0 unspecified atom stereocenters. The van der Waals surface area contributed by atoms with E-state index in [0.29, 0.717) is 6.54 Å². The van der Waals surface area contributed by atoms with Crippen LogP contribution in [0.25, 0.3) is 0 Å². The van der Waals surface area contributed by atoms with Gasteiger partial charge in [-0.25, -0.2) is 0 Å². The van der Waals surface area contributed by atoms with Crippen LogP contribution in [0.3, 0.4) is 0 Å². The summed E-state index contributed by atoms with van der Waals surface area (Å²) in [6, 6.07) is 16.2. The number of amidine groups is 1. The molecule has 0 bridgehead atoms. The molecule has 26 heavy (non-hydrogen) atoms. The molecule has 0 aromatic heterocycles. The second-order valence-electron chi connectivity index (χ2n) is 6.82. The second kappa shape index (κ2) is 9.67. The summed E-state index contributed by atoms with van der Waals surface area (Å²) in [6.07, 6.45) is 4.42. The number of halogens is 1. The maximum absolute atomic E-state index is 12.8. The van der Waals surface area contributed by atoms with E-state index < -0.39 is 0 Å². The topological polar surface area (TPSA) is 32.7 Å². The third kappa shape index (κ3) is 5.28. The third-order valence-corrected chi connectivity index (χ3v) is 4.69. The van der Waals surface area contributed by atoms with Gasteiger partial charge in [0, 0.05) is 24.2 Å².